The predicted molar refractivity (Wildman–Crippen MR) is 119 cm³/mol. The highest BCUT2D eigenvalue weighted by Gasteiger charge is 2.51. The van der Waals surface area contributed by atoms with Crippen LogP contribution in [0.2, 0.25) is 5.02 Å². The summed E-state index contributed by atoms with van der Waals surface area (Å²) in [4.78, 5) is 28.0. The van der Waals surface area contributed by atoms with Crippen molar-refractivity contribution in [2.75, 3.05) is 18.2 Å². The highest BCUT2D eigenvalue weighted by molar-refractivity contribution is 6.31. The van der Waals surface area contributed by atoms with E-state index in [4.69, 9.17) is 21.1 Å². The summed E-state index contributed by atoms with van der Waals surface area (Å²) in [5, 5.41) is 11.9. The van der Waals surface area contributed by atoms with Crippen LogP contribution in [0.4, 0.5) is 5.69 Å². The van der Waals surface area contributed by atoms with Crippen LogP contribution in [0.5, 0.6) is 11.5 Å². The Morgan fingerprint density at radius 2 is 1.81 bits per heavy atom. The van der Waals surface area contributed by atoms with Crippen LogP contribution in [-0.4, -0.2) is 30.1 Å². The van der Waals surface area contributed by atoms with Gasteiger partial charge in [-0.3, -0.25) is 9.59 Å². The molecule has 3 aromatic carbocycles. The van der Waals surface area contributed by atoms with E-state index in [1.54, 1.807) is 36.4 Å². The van der Waals surface area contributed by atoms with Crippen LogP contribution < -0.4 is 14.4 Å². The smallest absolute Gasteiger partial charge is 0.264 e. The lowest BCUT2D eigenvalue weighted by Crippen LogP contribution is -2.42. The van der Waals surface area contributed by atoms with Gasteiger partial charge in [-0.1, -0.05) is 41.9 Å². The Morgan fingerprint density at radius 3 is 2.62 bits per heavy atom. The monoisotopic (exact) mass is 449 g/mol. The number of ketones is 1. The second-order valence-electron chi connectivity index (χ2n) is 7.88. The fourth-order valence-corrected chi connectivity index (χ4v) is 4.38. The lowest BCUT2D eigenvalue weighted by Gasteiger charge is -2.23. The van der Waals surface area contributed by atoms with Crippen LogP contribution in [0.1, 0.15) is 27.9 Å². The predicted octanol–water partition coefficient (Wildman–Crippen LogP) is 4.12. The number of halogens is 1. The number of anilines is 1. The third-order valence-electron chi connectivity index (χ3n) is 5.87. The Hall–Kier alpha value is -3.35. The zero-order chi connectivity index (χ0) is 22.3. The van der Waals surface area contributed by atoms with Crippen molar-refractivity contribution >= 4 is 29.0 Å². The zero-order valence-corrected chi connectivity index (χ0v) is 17.8. The molecule has 1 N–H and O–H groups in total. The molecule has 0 aliphatic carbocycles. The molecule has 3 aromatic rings. The van der Waals surface area contributed by atoms with Crippen LogP contribution in [0, 0.1) is 0 Å². The van der Waals surface area contributed by atoms with Gasteiger partial charge in [0.15, 0.2) is 22.9 Å². The maximum absolute atomic E-state index is 13.4. The van der Waals surface area contributed by atoms with Crippen LogP contribution in [-0.2, 0) is 16.8 Å². The molecule has 0 saturated heterocycles. The van der Waals surface area contributed by atoms with Gasteiger partial charge in [0.25, 0.3) is 5.91 Å². The van der Waals surface area contributed by atoms with E-state index in [2.05, 4.69) is 0 Å². The standard InChI is InChI=1S/C25H20ClNO5/c26-18-7-8-20-19(13-18)25(30,24(29)27(20)11-10-16-4-2-1-3-5-16)14-21(28)17-6-9-22-23(12-17)32-15-31-22/h1-9,12-13,30H,10-11,14-15H2/t25-/m1/s1. The molecule has 0 saturated carbocycles. The molecular formula is C25H20ClNO5. The minimum Gasteiger partial charge on any atom is -0.454 e. The Labute approximate surface area is 189 Å². The molecule has 2 aliphatic heterocycles. The number of carbonyl (C=O) groups is 2. The molecule has 0 bridgehead atoms. The van der Waals surface area contributed by atoms with Gasteiger partial charge in [-0.25, -0.2) is 0 Å². The summed E-state index contributed by atoms with van der Waals surface area (Å²) in [6.07, 6.45) is 0.210. The number of rotatable bonds is 6. The lowest BCUT2D eigenvalue weighted by atomic mass is 9.88. The Kier molecular flexibility index (Phi) is 5.12. The van der Waals surface area contributed by atoms with Gasteiger partial charge in [0.05, 0.1) is 12.1 Å². The summed E-state index contributed by atoms with van der Waals surface area (Å²) in [5.74, 6) is 0.115. The van der Waals surface area contributed by atoms with Crippen molar-refractivity contribution in [3.05, 3.63) is 88.4 Å². The summed E-state index contributed by atoms with van der Waals surface area (Å²) in [6, 6.07) is 19.5. The molecule has 2 aliphatic rings. The second-order valence-corrected chi connectivity index (χ2v) is 8.32. The van der Waals surface area contributed by atoms with E-state index in [9.17, 15) is 14.7 Å². The lowest BCUT2D eigenvalue weighted by molar-refractivity contribution is -0.135. The van der Waals surface area contributed by atoms with Gasteiger partial charge in [0, 0.05) is 22.7 Å². The first-order valence-electron chi connectivity index (χ1n) is 10.3. The van der Waals surface area contributed by atoms with E-state index in [0.29, 0.717) is 46.3 Å². The third-order valence-corrected chi connectivity index (χ3v) is 6.11. The molecule has 0 fully saturated rings. The van der Waals surface area contributed by atoms with Crippen molar-refractivity contribution in [2.24, 2.45) is 0 Å². The van der Waals surface area contributed by atoms with Crippen LogP contribution in [0.25, 0.3) is 0 Å². The summed E-state index contributed by atoms with van der Waals surface area (Å²) in [7, 11) is 0. The molecule has 0 unspecified atom stereocenters. The Bertz CT molecular complexity index is 1210. The van der Waals surface area contributed by atoms with Gasteiger partial charge in [-0.15, -0.1) is 0 Å². The van der Waals surface area contributed by atoms with Crippen molar-refractivity contribution in [3.8, 4) is 11.5 Å². The SMILES string of the molecule is O=C(C[C@]1(O)C(=O)N(CCc2ccccc2)c2ccc(Cl)cc21)c1ccc2c(c1)OCO2. The minimum atomic E-state index is -2.00. The number of ether oxygens (including phenoxy) is 2. The fraction of sp³-hybridized carbons (Fsp3) is 0.200. The van der Waals surface area contributed by atoms with E-state index in [-0.39, 0.29) is 12.6 Å². The van der Waals surface area contributed by atoms with Crippen LogP contribution >= 0.6 is 11.6 Å². The van der Waals surface area contributed by atoms with E-state index in [1.807, 2.05) is 30.3 Å². The Balaban J connectivity index is 1.44. The molecular weight excluding hydrogens is 430 g/mol. The van der Waals surface area contributed by atoms with Gasteiger partial charge < -0.3 is 19.5 Å². The van der Waals surface area contributed by atoms with Gasteiger partial charge in [0.2, 0.25) is 6.79 Å². The fourth-order valence-electron chi connectivity index (χ4n) is 4.21. The largest absolute Gasteiger partial charge is 0.454 e. The van der Waals surface area contributed by atoms with Crippen LogP contribution in [0.3, 0.4) is 0 Å². The Morgan fingerprint density at radius 1 is 1.03 bits per heavy atom. The van der Waals surface area contributed by atoms with Gasteiger partial charge in [-0.05, 0) is 48.4 Å². The first-order valence-corrected chi connectivity index (χ1v) is 10.6. The van der Waals surface area contributed by atoms with E-state index < -0.39 is 17.9 Å². The molecule has 6 nitrogen and oxygen atoms in total. The topological polar surface area (TPSA) is 76.1 Å². The van der Waals surface area contributed by atoms with E-state index >= 15 is 0 Å². The molecule has 1 amide bonds. The number of nitrogens with zero attached hydrogens (tertiary/aromatic N) is 1. The van der Waals surface area contributed by atoms with Crippen molar-refractivity contribution < 1.29 is 24.2 Å². The number of aliphatic hydroxyl groups is 1. The molecule has 7 heteroatoms. The number of fused-ring (bicyclic) bond motifs is 2. The molecule has 5 rings (SSSR count). The van der Waals surface area contributed by atoms with Gasteiger partial charge in [0.1, 0.15) is 0 Å². The maximum atomic E-state index is 13.4. The zero-order valence-electron chi connectivity index (χ0n) is 17.1. The highest BCUT2D eigenvalue weighted by Crippen LogP contribution is 2.44. The van der Waals surface area contributed by atoms with E-state index in [1.165, 1.54) is 4.90 Å². The van der Waals surface area contributed by atoms with Crippen molar-refractivity contribution in [1.29, 1.82) is 0 Å². The first-order chi connectivity index (χ1) is 15.5. The van der Waals surface area contributed by atoms with Crippen LogP contribution in [0.15, 0.2) is 66.7 Å². The minimum absolute atomic E-state index is 0.0949. The summed E-state index contributed by atoms with van der Waals surface area (Å²) < 4.78 is 10.6. The number of benzene rings is 3. The highest BCUT2D eigenvalue weighted by atomic mass is 35.5. The molecule has 1 atom stereocenters. The molecule has 32 heavy (non-hydrogen) atoms. The number of amides is 1. The second kappa shape index (κ2) is 7.97. The maximum Gasteiger partial charge on any atom is 0.264 e. The van der Waals surface area contributed by atoms with Crippen molar-refractivity contribution in [1.82, 2.24) is 0 Å². The quantitative estimate of drug-likeness (QED) is 0.573. The van der Waals surface area contributed by atoms with Gasteiger partial charge in [-0.2, -0.15) is 0 Å². The molecule has 162 valence electrons. The first kappa shape index (κ1) is 20.5. The molecule has 0 spiro atoms. The van der Waals surface area contributed by atoms with Crippen molar-refractivity contribution in [3.63, 3.8) is 0 Å². The third kappa shape index (κ3) is 3.51. The van der Waals surface area contributed by atoms with E-state index in [0.717, 1.165) is 5.56 Å². The average molecular weight is 450 g/mol. The summed E-state index contributed by atoms with van der Waals surface area (Å²) in [5.41, 5.74) is 0.322. The number of Topliss-reactive ketones (excluding diaryl/α,β-unsaturated/α-hetero) is 1. The van der Waals surface area contributed by atoms with Crippen molar-refractivity contribution in [2.45, 2.75) is 18.4 Å². The normalized spacial score (nSPS) is 18.7. The van der Waals surface area contributed by atoms with Gasteiger partial charge >= 0.3 is 0 Å². The number of hydrogen-bond acceptors (Lipinski definition) is 5. The summed E-state index contributed by atoms with van der Waals surface area (Å²) >= 11 is 6.18. The average Bonchev–Trinajstić information content (AvgIpc) is 3.34. The molecule has 2 heterocycles. The number of carbonyl (C=O) groups excluding carboxylic acids is 2. The molecule has 0 radical (unpaired) electrons. The summed E-state index contributed by atoms with van der Waals surface area (Å²) in [6.45, 7) is 0.468. The molecule has 0 aromatic heterocycles. The number of hydrogen-bond donors (Lipinski definition) is 1.